The SMILES string of the molecule is CC(=O)c1ccc2c(c1C)CC[C@@H]2NC(=O)c1cc(C(=O)NCc2ccc(F)c(OC(F)(F)F)c2)nc2ccnn12. The van der Waals surface area contributed by atoms with Crippen molar-refractivity contribution in [2.45, 2.75) is 45.6 Å². The number of Topliss-reactive ketones (excluding diaryl/α,β-unsaturated/α-hetero) is 1. The zero-order chi connectivity index (χ0) is 29.5. The van der Waals surface area contributed by atoms with Crippen LogP contribution in [0, 0.1) is 12.7 Å². The second kappa shape index (κ2) is 10.6. The van der Waals surface area contributed by atoms with Gasteiger partial charge in [0, 0.05) is 24.2 Å². The molecule has 1 aliphatic carbocycles. The summed E-state index contributed by atoms with van der Waals surface area (Å²) in [7, 11) is 0. The van der Waals surface area contributed by atoms with Gasteiger partial charge in [0.1, 0.15) is 11.4 Å². The molecule has 13 heteroatoms. The lowest BCUT2D eigenvalue weighted by Gasteiger charge is -2.16. The van der Waals surface area contributed by atoms with Gasteiger partial charge in [-0.2, -0.15) is 5.10 Å². The summed E-state index contributed by atoms with van der Waals surface area (Å²) in [6.07, 6.45) is -2.35. The summed E-state index contributed by atoms with van der Waals surface area (Å²) < 4.78 is 56.3. The van der Waals surface area contributed by atoms with Crippen LogP contribution in [0.15, 0.2) is 48.7 Å². The van der Waals surface area contributed by atoms with Gasteiger partial charge in [0.15, 0.2) is 23.0 Å². The number of rotatable bonds is 7. The van der Waals surface area contributed by atoms with Gasteiger partial charge in [-0.3, -0.25) is 14.4 Å². The largest absolute Gasteiger partial charge is 0.573 e. The molecule has 0 radical (unpaired) electrons. The number of ether oxygens (including phenoxy) is 1. The van der Waals surface area contributed by atoms with E-state index >= 15 is 0 Å². The van der Waals surface area contributed by atoms with Gasteiger partial charge in [0.2, 0.25) is 0 Å². The number of hydrogen-bond acceptors (Lipinski definition) is 6. The van der Waals surface area contributed by atoms with Crippen molar-refractivity contribution in [3.8, 4) is 5.75 Å². The fraction of sp³-hybridized carbons (Fsp3) is 0.250. The van der Waals surface area contributed by atoms with E-state index in [0.29, 0.717) is 18.4 Å². The fourth-order valence-corrected chi connectivity index (χ4v) is 4.97. The molecule has 0 spiro atoms. The number of amides is 2. The zero-order valence-electron chi connectivity index (χ0n) is 21.8. The number of alkyl halides is 3. The Hall–Kier alpha value is -4.81. The predicted molar refractivity (Wildman–Crippen MR) is 137 cm³/mol. The lowest BCUT2D eigenvalue weighted by Crippen LogP contribution is -2.30. The van der Waals surface area contributed by atoms with Crippen molar-refractivity contribution in [1.82, 2.24) is 25.2 Å². The van der Waals surface area contributed by atoms with Crippen LogP contribution in [0.1, 0.15) is 73.0 Å². The molecule has 0 aliphatic heterocycles. The van der Waals surface area contributed by atoms with Crippen molar-refractivity contribution in [2.24, 2.45) is 0 Å². The molecule has 41 heavy (non-hydrogen) atoms. The first-order chi connectivity index (χ1) is 19.4. The minimum Gasteiger partial charge on any atom is -0.403 e. The Morgan fingerprint density at radius 3 is 2.61 bits per heavy atom. The van der Waals surface area contributed by atoms with Gasteiger partial charge >= 0.3 is 6.36 Å². The number of halogens is 4. The highest BCUT2D eigenvalue weighted by atomic mass is 19.4. The summed E-state index contributed by atoms with van der Waals surface area (Å²) in [5, 5.41) is 9.61. The van der Waals surface area contributed by atoms with Crippen LogP contribution in [0.2, 0.25) is 0 Å². The van der Waals surface area contributed by atoms with E-state index in [1.165, 1.54) is 35.8 Å². The monoisotopic (exact) mass is 569 g/mol. The number of carbonyl (C=O) groups is 3. The van der Waals surface area contributed by atoms with Crippen molar-refractivity contribution in [3.05, 3.63) is 93.7 Å². The minimum absolute atomic E-state index is 0.0315. The van der Waals surface area contributed by atoms with Gasteiger partial charge in [-0.1, -0.05) is 18.2 Å². The van der Waals surface area contributed by atoms with Crippen LogP contribution in [-0.4, -0.2) is 38.6 Å². The van der Waals surface area contributed by atoms with E-state index < -0.39 is 29.7 Å². The Morgan fingerprint density at radius 1 is 1.10 bits per heavy atom. The lowest BCUT2D eigenvalue weighted by atomic mass is 9.96. The zero-order valence-corrected chi connectivity index (χ0v) is 21.8. The van der Waals surface area contributed by atoms with Crippen LogP contribution in [0.5, 0.6) is 5.75 Å². The first-order valence-corrected chi connectivity index (χ1v) is 12.5. The van der Waals surface area contributed by atoms with Gasteiger partial charge in [0.25, 0.3) is 11.8 Å². The highest BCUT2D eigenvalue weighted by Gasteiger charge is 2.32. The van der Waals surface area contributed by atoms with Crippen molar-refractivity contribution >= 4 is 23.2 Å². The summed E-state index contributed by atoms with van der Waals surface area (Å²) in [5.74, 6) is -3.49. The van der Waals surface area contributed by atoms with E-state index in [9.17, 15) is 31.9 Å². The molecule has 0 bridgehead atoms. The average molecular weight is 570 g/mol. The van der Waals surface area contributed by atoms with Crippen LogP contribution in [-0.2, 0) is 13.0 Å². The summed E-state index contributed by atoms with van der Waals surface area (Å²) in [6.45, 7) is 3.13. The van der Waals surface area contributed by atoms with Gasteiger partial charge < -0.3 is 15.4 Å². The third-order valence-corrected chi connectivity index (χ3v) is 6.88. The molecule has 1 aliphatic rings. The highest BCUT2D eigenvalue weighted by molar-refractivity contribution is 5.99. The second-order valence-electron chi connectivity index (χ2n) is 9.55. The quantitative estimate of drug-likeness (QED) is 0.248. The first-order valence-electron chi connectivity index (χ1n) is 12.5. The number of fused-ring (bicyclic) bond motifs is 2. The molecule has 5 rings (SSSR count). The van der Waals surface area contributed by atoms with Gasteiger partial charge in [-0.05, 0) is 61.1 Å². The molecule has 0 unspecified atom stereocenters. The van der Waals surface area contributed by atoms with Crippen molar-refractivity contribution in [3.63, 3.8) is 0 Å². The number of carbonyl (C=O) groups excluding carboxylic acids is 3. The lowest BCUT2D eigenvalue weighted by molar-refractivity contribution is -0.275. The van der Waals surface area contributed by atoms with Crippen molar-refractivity contribution < 1.29 is 36.7 Å². The maximum absolute atomic E-state index is 13.7. The first kappa shape index (κ1) is 27.7. The number of ketones is 1. The van der Waals surface area contributed by atoms with Gasteiger partial charge in [-0.25, -0.2) is 13.9 Å². The van der Waals surface area contributed by atoms with Crippen LogP contribution in [0.4, 0.5) is 17.6 Å². The Kier molecular flexibility index (Phi) is 7.20. The number of nitrogens with zero attached hydrogens (tertiary/aromatic N) is 3. The molecule has 1 atom stereocenters. The smallest absolute Gasteiger partial charge is 0.403 e. The van der Waals surface area contributed by atoms with Crippen molar-refractivity contribution in [2.75, 3.05) is 0 Å². The van der Waals surface area contributed by atoms with E-state index in [0.717, 1.165) is 28.8 Å². The molecule has 0 fully saturated rings. The molecule has 2 aromatic heterocycles. The molecule has 2 aromatic carbocycles. The van der Waals surface area contributed by atoms with Crippen molar-refractivity contribution in [1.29, 1.82) is 0 Å². The highest BCUT2D eigenvalue weighted by Crippen LogP contribution is 2.35. The molecule has 212 valence electrons. The average Bonchev–Trinajstić information content (AvgIpc) is 3.55. The van der Waals surface area contributed by atoms with E-state index in [1.807, 2.05) is 13.0 Å². The van der Waals surface area contributed by atoms with E-state index in [1.54, 1.807) is 6.07 Å². The van der Waals surface area contributed by atoms with Crippen LogP contribution < -0.4 is 15.4 Å². The Bertz CT molecular complexity index is 1700. The van der Waals surface area contributed by atoms with Gasteiger partial charge in [-0.15, -0.1) is 13.2 Å². The number of benzene rings is 2. The van der Waals surface area contributed by atoms with Crippen LogP contribution >= 0.6 is 0 Å². The standard InChI is InChI=1S/C28H23F4N5O4/c1-14-17(15(2)38)4-5-19-18(14)6-8-21(19)36-27(40)23-12-22(35-25-9-10-34-37(23)25)26(39)33-13-16-3-7-20(29)24(11-16)41-28(30,31)32/h3-5,7,9-12,21H,6,8,13H2,1-2H3,(H,33,39)(H,36,40)/t21-/m0/s1. The molecule has 0 saturated carbocycles. The molecular formula is C28H23F4N5O4. The fourth-order valence-electron chi connectivity index (χ4n) is 4.97. The van der Waals surface area contributed by atoms with E-state index in [-0.39, 0.29) is 41.0 Å². The number of nitrogens with one attached hydrogen (secondary N) is 2. The summed E-state index contributed by atoms with van der Waals surface area (Å²) in [5.41, 5.74) is 3.74. The normalized spacial score (nSPS) is 14.5. The van der Waals surface area contributed by atoms with Crippen LogP contribution in [0.25, 0.3) is 5.65 Å². The topological polar surface area (TPSA) is 115 Å². The number of aromatic nitrogens is 3. The molecule has 9 nitrogen and oxygen atoms in total. The summed E-state index contributed by atoms with van der Waals surface area (Å²) in [4.78, 5) is 42.5. The molecule has 4 aromatic rings. The van der Waals surface area contributed by atoms with E-state index in [2.05, 4.69) is 25.5 Å². The Morgan fingerprint density at radius 2 is 1.88 bits per heavy atom. The minimum atomic E-state index is -5.08. The van der Waals surface area contributed by atoms with E-state index in [4.69, 9.17) is 0 Å². The summed E-state index contributed by atoms with van der Waals surface area (Å²) in [6, 6.07) is 8.86. The maximum Gasteiger partial charge on any atom is 0.573 e. The van der Waals surface area contributed by atoms with Gasteiger partial charge in [0.05, 0.1) is 12.2 Å². The van der Waals surface area contributed by atoms with Crippen LogP contribution in [0.3, 0.4) is 0 Å². The third kappa shape index (κ3) is 5.74. The Balaban J connectivity index is 1.35. The molecule has 2 amide bonds. The summed E-state index contributed by atoms with van der Waals surface area (Å²) >= 11 is 0. The number of hydrogen-bond donors (Lipinski definition) is 2. The molecule has 2 heterocycles. The molecular weight excluding hydrogens is 546 g/mol. The third-order valence-electron chi connectivity index (χ3n) is 6.88. The molecule has 2 N–H and O–H groups in total. The Labute approximate surface area is 230 Å². The predicted octanol–water partition coefficient (Wildman–Crippen LogP) is 4.63. The second-order valence-corrected chi connectivity index (χ2v) is 9.55. The molecule has 0 saturated heterocycles. The maximum atomic E-state index is 13.7.